The molecule has 0 fully saturated rings. The Labute approximate surface area is 151 Å². The van der Waals surface area contributed by atoms with Gasteiger partial charge in [0, 0.05) is 11.8 Å². The summed E-state index contributed by atoms with van der Waals surface area (Å²) in [7, 11) is 0. The third-order valence-electron chi connectivity index (χ3n) is 3.61. The number of alkyl halides is 3. The number of nitrogen functional groups attached to an aromatic ring is 1. The van der Waals surface area contributed by atoms with Gasteiger partial charge >= 0.3 is 6.18 Å². The van der Waals surface area contributed by atoms with Crippen molar-refractivity contribution >= 4 is 11.7 Å². The molecule has 1 heterocycles. The topological polar surface area (TPSA) is 89.3 Å². The van der Waals surface area contributed by atoms with E-state index >= 15 is 0 Å². The van der Waals surface area contributed by atoms with E-state index in [4.69, 9.17) is 11.6 Å². The Morgan fingerprint density at radius 1 is 1.15 bits per heavy atom. The van der Waals surface area contributed by atoms with E-state index in [9.17, 15) is 22.0 Å². The minimum atomic E-state index is -4.45. The number of nitrogens with one attached hydrogen (secondary N) is 1. The van der Waals surface area contributed by atoms with E-state index in [0.29, 0.717) is 11.1 Å². The second-order valence-electron chi connectivity index (χ2n) is 5.48. The molecule has 0 aliphatic carbocycles. The Bertz CT molecular complexity index is 868. The van der Waals surface area contributed by atoms with Crippen LogP contribution < -0.4 is 17.0 Å². The largest absolute Gasteiger partial charge is 0.416 e. The Hall–Kier alpha value is -3.01. The summed E-state index contributed by atoms with van der Waals surface area (Å²) in [5, 5.41) is 0. The van der Waals surface area contributed by atoms with Gasteiger partial charge in [-0.25, -0.2) is 19.6 Å². The molecular formula is C17H16F5N5. The predicted molar refractivity (Wildman–Crippen MR) is 92.7 cm³/mol. The van der Waals surface area contributed by atoms with E-state index in [1.165, 1.54) is 24.4 Å². The average Bonchev–Trinajstić information content (AvgIpc) is 2.62. The number of aromatic nitrogens is 1. The minimum Gasteiger partial charge on any atom is -0.383 e. The molecule has 0 aliphatic rings. The lowest BCUT2D eigenvalue weighted by molar-refractivity contribution is -0.137. The summed E-state index contributed by atoms with van der Waals surface area (Å²) in [5.74, 6) is 3.23. The van der Waals surface area contributed by atoms with E-state index < -0.39 is 29.9 Å². The van der Waals surface area contributed by atoms with Gasteiger partial charge in [-0.05, 0) is 30.7 Å². The van der Waals surface area contributed by atoms with Gasteiger partial charge in [0.25, 0.3) is 0 Å². The number of aliphatic imine (C=N–C) groups is 1. The smallest absolute Gasteiger partial charge is 0.383 e. The third-order valence-corrected chi connectivity index (χ3v) is 3.61. The molecule has 1 aromatic carbocycles. The van der Waals surface area contributed by atoms with Crippen LogP contribution in [0, 0.1) is 0 Å². The molecule has 5 nitrogen and oxygen atoms in total. The molecule has 0 amide bonds. The summed E-state index contributed by atoms with van der Waals surface area (Å²) < 4.78 is 64.1. The molecule has 0 radical (unpaired) electrons. The molecule has 2 rings (SSSR count). The Balaban J connectivity index is 2.40. The van der Waals surface area contributed by atoms with E-state index in [1.807, 2.05) is 0 Å². The summed E-state index contributed by atoms with van der Waals surface area (Å²) in [6.45, 7) is 0.341. The molecule has 0 saturated carbocycles. The van der Waals surface area contributed by atoms with Crippen molar-refractivity contribution in [3.63, 3.8) is 0 Å². The van der Waals surface area contributed by atoms with Gasteiger partial charge in [0.15, 0.2) is 5.83 Å². The number of rotatable bonds is 4. The molecule has 0 spiro atoms. The van der Waals surface area contributed by atoms with Crippen LogP contribution in [0.1, 0.15) is 18.1 Å². The van der Waals surface area contributed by atoms with Crippen molar-refractivity contribution in [2.45, 2.75) is 13.1 Å². The number of anilines is 1. The number of nitrogens with zero attached hydrogens (tertiary/aromatic N) is 2. The van der Waals surface area contributed by atoms with Gasteiger partial charge in [-0.3, -0.25) is 4.99 Å². The highest BCUT2D eigenvalue weighted by atomic mass is 19.4. The van der Waals surface area contributed by atoms with Gasteiger partial charge in [-0.15, -0.1) is 0 Å². The fraction of sp³-hybridized carbons (Fsp3) is 0.176. The molecule has 1 aromatic heterocycles. The normalized spacial score (nSPS) is 13.4. The van der Waals surface area contributed by atoms with Gasteiger partial charge < -0.3 is 11.2 Å². The lowest BCUT2D eigenvalue weighted by Gasteiger charge is -2.11. The molecule has 27 heavy (non-hydrogen) atoms. The van der Waals surface area contributed by atoms with Crippen molar-refractivity contribution in [2.24, 2.45) is 10.8 Å². The number of pyridine rings is 1. The average molecular weight is 385 g/mol. The van der Waals surface area contributed by atoms with Crippen molar-refractivity contribution in [1.82, 2.24) is 10.4 Å². The molecule has 0 atom stereocenters. The fourth-order valence-corrected chi connectivity index (χ4v) is 2.14. The first kappa shape index (κ1) is 20.3. The second-order valence-corrected chi connectivity index (χ2v) is 5.48. The standard InChI is InChI=1S/C17H16F5N5/c1-9(18)14(19)8-26-16(27-24)13-6-11(7-25-15(13)23)10-2-4-12(5-3-10)17(20,21)22/h2-7H,8,24H2,1H3,(H2,23,25)(H,26,27)/b14-9-. The number of nitrogens with two attached hydrogens (primary N) is 2. The number of amidine groups is 1. The number of allylic oxidation sites excluding steroid dienone is 1. The molecular weight excluding hydrogens is 369 g/mol. The molecule has 0 unspecified atom stereocenters. The van der Waals surface area contributed by atoms with Gasteiger partial charge in [-0.2, -0.15) is 13.2 Å². The van der Waals surface area contributed by atoms with Gasteiger partial charge in [-0.1, -0.05) is 12.1 Å². The Kier molecular flexibility index (Phi) is 6.11. The van der Waals surface area contributed by atoms with E-state index in [0.717, 1.165) is 19.1 Å². The van der Waals surface area contributed by atoms with Crippen LogP contribution >= 0.6 is 0 Å². The summed E-state index contributed by atoms with van der Waals surface area (Å²) in [6, 6.07) is 5.91. The third kappa shape index (κ3) is 5.00. The summed E-state index contributed by atoms with van der Waals surface area (Å²) in [6.07, 6.45) is -3.08. The zero-order valence-electron chi connectivity index (χ0n) is 14.1. The highest BCUT2D eigenvalue weighted by Gasteiger charge is 2.30. The molecule has 10 heteroatoms. The number of hydrogen-bond donors (Lipinski definition) is 3. The van der Waals surface area contributed by atoms with Crippen LogP contribution in [0.5, 0.6) is 0 Å². The minimum absolute atomic E-state index is 0.00344. The van der Waals surface area contributed by atoms with E-state index in [-0.39, 0.29) is 17.2 Å². The van der Waals surface area contributed by atoms with Crippen molar-refractivity contribution < 1.29 is 22.0 Å². The van der Waals surface area contributed by atoms with Crippen molar-refractivity contribution in [1.29, 1.82) is 0 Å². The zero-order valence-corrected chi connectivity index (χ0v) is 14.1. The molecule has 0 aliphatic heterocycles. The highest BCUT2D eigenvalue weighted by molar-refractivity contribution is 6.03. The van der Waals surface area contributed by atoms with Crippen LogP contribution in [0.25, 0.3) is 11.1 Å². The number of hydrogen-bond acceptors (Lipinski definition) is 4. The molecule has 0 saturated heterocycles. The number of halogens is 5. The highest BCUT2D eigenvalue weighted by Crippen LogP contribution is 2.31. The van der Waals surface area contributed by atoms with Crippen LogP contribution in [0.4, 0.5) is 27.8 Å². The van der Waals surface area contributed by atoms with Crippen LogP contribution in [-0.2, 0) is 6.18 Å². The fourth-order valence-electron chi connectivity index (χ4n) is 2.14. The van der Waals surface area contributed by atoms with Gasteiger partial charge in [0.05, 0.1) is 17.7 Å². The quantitative estimate of drug-likeness (QED) is 0.246. The predicted octanol–water partition coefficient (Wildman–Crippen LogP) is 3.73. The Morgan fingerprint density at radius 2 is 1.78 bits per heavy atom. The van der Waals surface area contributed by atoms with Crippen LogP contribution in [-0.4, -0.2) is 17.4 Å². The summed E-state index contributed by atoms with van der Waals surface area (Å²) in [5.41, 5.74) is 8.29. The lowest BCUT2D eigenvalue weighted by atomic mass is 10.0. The maximum Gasteiger partial charge on any atom is 0.416 e. The number of benzene rings is 1. The maximum atomic E-state index is 13.3. The summed E-state index contributed by atoms with van der Waals surface area (Å²) in [4.78, 5) is 7.77. The number of hydrazine groups is 1. The first-order chi connectivity index (χ1) is 12.6. The monoisotopic (exact) mass is 385 g/mol. The first-order valence-electron chi connectivity index (χ1n) is 7.58. The molecule has 2 aromatic rings. The summed E-state index contributed by atoms with van der Waals surface area (Å²) >= 11 is 0. The van der Waals surface area contributed by atoms with Crippen molar-refractivity contribution in [2.75, 3.05) is 12.3 Å². The van der Waals surface area contributed by atoms with E-state index in [1.54, 1.807) is 0 Å². The van der Waals surface area contributed by atoms with Gasteiger partial charge in [0.1, 0.15) is 17.5 Å². The van der Waals surface area contributed by atoms with Crippen LogP contribution in [0.15, 0.2) is 53.2 Å². The lowest BCUT2D eigenvalue weighted by Crippen LogP contribution is -2.32. The van der Waals surface area contributed by atoms with Crippen molar-refractivity contribution in [3.05, 3.63) is 59.3 Å². The first-order valence-corrected chi connectivity index (χ1v) is 7.58. The molecule has 5 N–H and O–H groups in total. The van der Waals surface area contributed by atoms with Crippen molar-refractivity contribution in [3.8, 4) is 11.1 Å². The van der Waals surface area contributed by atoms with Gasteiger partial charge in [0.2, 0.25) is 0 Å². The second kappa shape index (κ2) is 8.12. The zero-order chi connectivity index (χ0) is 20.2. The SMILES string of the molecule is C/C(F)=C(/F)CN=C(NN)c1cc(-c2ccc(C(F)(F)F)cc2)cnc1N. The molecule has 0 bridgehead atoms. The maximum absolute atomic E-state index is 13.3. The molecule has 144 valence electrons. The Morgan fingerprint density at radius 3 is 2.30 bits per heavy atom. The van der Waals surface area contributed by atoms with E-state index in [2.05, 4.69) is 15.4 Å². The van der Waals surface area contributed by atoms with Crippen LogP contribution in [0.3, 0.4) is 0 Å². The van der Waals surface area contributed by atoms with Crippen LogP contribution in [0.2, 0.25) is 0 Å².